The number of carbonyl (C=O) groups excluding carboxylic acids is 1. The van der Waals surface area contributed by atoms with Crippen molar-refractivity contribution in [3.8, 4) is 0 Å². The van der Waals surface area contributed by atoms with Crippen molar-refractivity contribution in [1.29, 1.82) is 0 Å². The Hall–Kier alpha value is -2.25. The minimum absolute atomic E-state index is 0.00472. The standard InChI is InChI=1S/C36H55NO5/c1-4-6-7-8-18-26-40-36-33(42-29-31-21-14-10-15-22-31)27-32(41-28-30-19-12-9-13-20-30)35(36)37(3)24-17-11-16-23-34(38)39-25-5-2/h9-10,12-15,19-22,32-33,35-36H,4-8,11,16-18,23-29H2,1-3H3/t32-,33+,35+,36+/m0/s1. The van der Waals surface area contributed by atoms with Crippen molar-refractivity contribution in [3.05, 3.63) is 71.8 Å². The highest BCUT2D eigenvalue weighted by Crippen LogP contribution is 2.33. The fourth-order valence-corrected chi connectivity index (χ4v) is 5.73. The second kappa shape index (κ2) is 20.6. The SMILES string of the molecule is CCCCCCCO[C@H]1[C@H](N(C)CCCCCC(=O)OCCC)[C@@H](OCc2ccccc2)C[C@H]1OCc1ccccc1. The van der Waals surface area contributed by atoms with E-state index in [4.69, 9.17) is 18.9 Å². The van der Waals surface area contributed by atoms with Crippen LogP contribution >= 0.6 is 0 Å². The number of nitrogens with zero attached hydrogens (tertiary/aromatic N) is 1. The Labute approximate surface area is 255 Å². The number of benzene rings is 2. The Balaban J connectivity index is 1.65. The van der Waals surface area contributed by atoms with Gasteiger partial charge >= 0.3 is 5.97 Å². The van der Waals surface area contributed by atoms with Crippen LogP contribution < -0.4 is 0 Å². The number of hydrogen-bond donors (Lipinski definition) is 0. The van der Waals surface area contributed by atoms with Crippen LogP contribution in [0, 0.1) is 0 Å². The molecule has 0 aliphatic heterocycles. The van der Waals surface area contributed by atoms with Crippen LogP contribution in [0.15, 0.2) is 60.7 Å². The molecule has 1 fully saturated rings. The summed E-state index contributed by atoms with van der Waals surface area (Å²) in [5.41, 5.74) is 2.35. The van der Waals surface area contributed by atoms with Crippen LogP contribution in [0.1, 0.15) is 95.6 Å². The van der Waals surface area contributed by atoms with Gasteiger partial charge in [0, 0.05) is 19.4 Å². The lowest BCUT2D eigenvalue weighted by Crippen LogP contribution is -2.48. The monoisotopic (exact) mass is 581 g/mol. The average Bonchev–Trinajstić information content (AvgIpc) is 3.37. The van der Waals surface area contributed by atoms with E-state index in [1.807, 2.05) is 19.1 Å². The zero-order valence-electron chi connectivity index (χ0n) is 26.4. The highest BCUT2D eigenvalue weighted by Gasteiger charge is 2.47. The zero-order chi connectivity index (χ0) is 29.8. The van der Waals surface area contributed by atoms with E-state index in [1.54, 1.807) is 0 Å². The fourth-order valence-electron chi connectivity index (χ4n) is 5.73. The quantitative estimate of drug-likeness (QED) is 0.105. The van der Waals surface area contributed by atoms with Gasteiger partial charge in [-0.1, -0.05) is 107 Å². The van der Waals surface area contributed by atoms with Crippen LogP contribution in [0.3, 0.4) is 0 Å². The maximum Gasteiger partial charge on any atom is 0.305 e. The molecule has 1 aliphatic rings. The van der Waals surface area contributed by atoms with Crippen molar-refractivity contribution in [2.24, 2.45) is 0 Å². The third-order valence-electron chi connectivity index (χ3n) is 8.09. The minimum Gasteiger partial charge on any atom is -0.466 e. The Morgan fingerprint density at radius 2 is 1.33 bits per heavy atom. The predicted octanol–water partition coefficient (Wildman–Crippen LogP) is 7.73. The number of ether oxygens (including phenoxy) is 4. The first-order chi connectivity index (χ1) is 20.6. The number of hydrogen-bond acceptors (Lipinski definition) is 6. The predicted molar refractivity (Wildman–Crippen MR) is 169 cm³/mol. The van der Waals surface area contributed by atoms with Crippen LogP contribution in [-0.4, -0.2) is 62.0 Å². The maximum absolute atomic E-state index is 11.9. The molecule has 0 radical (unpaired) electrons. The van der Waals surface area contributed by atoms with Gasteiger partial charge in [-0.15, -0.1) is 0 Å². The van der Waals surface area contributed by atoms with Crippen molar-refractivity contribution in [2.45, 2.75) is 122 Å². The maximum atomic E-state index is 11.9. The third-order valence-corrected chi connectivity index (χ3v) is 8.09. The largest absolute Gasteiger partial charge is 0.466 e. The van der Waals surface area contributed by atoms with E-state index >= 15 is 0 Å². The van der Waals surface area contributed by atoms with Crippen molar-refractivity contribution in [1.82, 2.24) is 4.90 Å². The number of carbonyl (C=O) groups is 1. The van der Waals surface area contributed by atoms with E-state index < -0.39 is 0 Å². The number of unbranched alkanes of at least 4 members (excludes halogenated alkanes) is 6. The topological polar surface area (TPSA) is 57.2 Å². The lowest BCUT2D eigenvalue weighted by Gasteiger charge is -2.34. The summed E-state index contributed by atoms with van der Waals surface area (Å²) in [6.07, 6.45) is 11.0. The van der Waals surface area contributed by atoms with Crippen molar-refractivity contribution in [2.75, 3.05) is 26.8 Å². The second-order valence-corrected chi connectivity index (χ2v) is 11.7. The van der Waals surface area contributed by atoms with Gasteiger partial charge in [0.05, 0.1) is 38.1 Å². The number of likely N-dealkylation sites (N-methyl/N-ethyl adjacent to an activating group) is 1. The Morgan fingerprint density at radius 1 is 0.714 bits per heavy atom. The number of esters is 1. The van der Waals surface area contributed by atoms with Gasteiger partial charge < -0.3 is 18.9 Å². The highest BCUT2D eigenvalue weighted by atomic mass is 16.6. The molecule has 0 unspecified atom stereocenters. The molecule has 0 saturated heterocycles. The molecule has 0 bridgehead atoms. The molecule has 234 valence electrons. The summed E-state index contributed by atoms with van der Waals surface area (Å²) in [6.45, 7) is 7.59. The molecule has 3 rings (SSSR count). The summed E-state index contributed by atoms with van der Waals surface area (Å²) in [5.74, 6) is -0.0822. The van der Waals surface area contributed by atoms with Gasteiger partial charge in [-0.05, 0) is 50.4 Å². The molecule has 4 atom stereocenters. The fraction of sp³-hybridized carbons (Fsp3) is 0.639. The summed E-state index contributed by atoms with van der Waals surface area (Å²) < 4.78 is 25.1. The summed E-state index contributed by atoms with van der Waals surface area (Å²) in [6, 6.07) is 20.9. The molecule has 1 saturated carbocycles. The molecule has 6 heteroatoms. The van der Waals surface area contributed by atoms with Crippen LogP contribution in [0.2, 0.25) is 0 Å². The average molecular weight is 582 g/mol. The van der Waals surface area contributed by atoms with E-state index in [0.29, 0.717) is 26.2 Å². The Morgan fingerprint density at radius 3 is 1.98 bits per heavy atom. The summed E-state index contributed by atoms with van der Waals surface area (Å²) in [4.78, 5) is 14.3. The Kier molecular flexibility index (Phi) is 16.8. The van der Waals surface area contributed by atoms with Gasteiger partial charge in [0.1, 0.15) is 6.10 Å². The molecular weight excluding hydrogens is 526 g/mol. The van der Waals surface area contributed by atoms with Crippen LogP contribution in [0.5, 0.6) is 0 Å². The lowest BCUT2D eigenvalue weighted by molar-refractivity contribution is -0.143. The van der Waals surface area contributed by atoms with E-state index in [2.05, 4.69) is 67.4 Å². The Bertz CT molecular complexity index is 956. The van der Waals surface area contributed by atoms with Crippen molar-refractivity contribution in [3.63, 3.8) is 0 Å². The van der Waals surface area contributed by atoms with Gasteiger partial charge in [0.2, 0.25) is 0 Å². The van der Waals surface area contributed by atoms with Crippen LogP contribution in [0.4, 0.5) is 0 Å². The van der Waals surface area contributed by atoms with Crippen LogP contribution in [-0.2, 0) is 37.0 Å². The van der Waals surface area contributed by atoms with E-state index in [-0.39, 0.29) is 30.3 Å². The van der Waals surface area contributed by atoms with Gasteiger partial charge in [0.15, 0.2) is 0 Å². The minimum atomic E-state index is -0.0822. The first-order valence-electron chi connectivity index (χ1n) is 16.4. The van der Waals surface area contributed by atoms with Gasteiger partial charge in [0.25, 0.3) is 0 Å². The summed E-state index contributed by atoms with van der Waals surface area (Å²) in [7, 11) is 2.19. The van der Waals surface area contributed by atoms with Crippen molar-refractivity contribution < 1.29 is 23.7 Å². The summed E-state index contributed by atoms with van der Waals surface area (Å²) >= 11 is 0. The molecule has 6 nitrogen and oxygen atoms in total. The van der Waals surface area contributed by atoms with Crippen LogP contribution in [0.25, 0.3) is 0 Å². The smallest absolute Gasteiger partial charge is 0.305 e. The second-order valence-electron chi connectivity index (χ2n) is 11.7. The van der Waals surface area contributed by atoms with Gasteiger partial charge in [-0.25, -0.2) is 0 Å². The van der Waals surface area contributed by atoms with Crippen molar-refractivity contribution >= 4 is 5.97 Å². The summed E-state index contributed by atoms with van der Waals surface area (Å²) in [5, 5.41) is 0. The first-order valence-corrected chi connectivity index (χ1v) is 16.4. The molecule has 0 aromatic heterocycles. The number of rotatable bonds is 22. The molecule has 0 spiro atoms. The van der Waals surface area contributed by atoms with E-state index in [1.165, 1.54) is 36.8 Å². The zero-order valence-corrected chi connectivity index (χ0v) is 26.4. The third kappa shape index (κ3) is 12.5. The molecule has 0 N–H and O–H groups in total. The molecular formula is C36H55NO5. The van der Waals surface area contributed by atoms with E-state index in [0.717, 1.165) is 51.7 Å². The highest BCUT2D eigenvalue weighted by molar-refractivity contribution is 5.69. The molecule has 2 aromatic carbocycles. The molecule has 2 aromatic rings. The van der Waals surface area contributed by atoms with E-state index in [9.17, 15) is 4.79 Å². The normalized spacial score (nSPS) is 20.3. The molecule has 1 aliphatic carbocycles. The molecule has 0 amide bonds. The lowest BCUT2D eigenvalue weighted by atomic mass is 10.1. The van der Waals surface area contributed by atoms with Gasteiger partial charge in [-0.2, -0.15) is 0 Å². The molecule has 42 heavy (non-hydrogen) atoms. The molecule has 0 heterocycles. The first kappa shape index (κ1) is 34.2. The van der Waals surface area contributed by atoms with Gasteiger partial charge in [-0.3, -0.25) is 9.69 Å².